The Morgan fingerprint density at radius 1 is 1.19 bits per heavy atom. The van der Waals surface area contributed by atoms with Crippen LogP contribution in [0.4, 0.5) is 0 Å². The van der Waals surface area contributed by atoms with Crippen molar-refractivity contribution in [3.63, 3.8) is 0 Å². The molecule has 92 valence electrons. The summed E-state index contributed by atoms with van der Waals surface area (Å²) in [6, 6.07) is 1.87. The molecule has 3 aliphatic rings. The Bertz CT molecular complexity index is 283. The summed E-state index contributed by atoms with van der Waals surface area (Å²) in [6.07, 6.45) is 3.65. The van der Waals surface area contributed by atoms with Gasteiger partial charge in [-0.25, -0.2) is 0 Å². The number of fused-ring (bicyclic) bond motifs is 2. The van der Waals surface area contributed by atoms with E-state index in [1.165, 1.54) is 6.42 Å². The van der Waals surface area contributed by atoms with Crippen LogP contribution in [0.1, 0.15) is 47.0 Å². The van der Waals surface area contributed by atoms with Crippen molar-refractivity contribution >= 4 is 5.91 Å². The number of carbonyl (C=O) groups excluding carboxylic acids is 1. The van der Waals surface area contributed by atoms with E-state index in [0.717, 1.165) is 12.8 Å². The van der Waals surface area contributed by atoms with Crippen molar-refractivity contribution in [3.05, 3.63) is 0 Å². The molecule has 3 heteroatoms. The first-order chi connectivity index (χ1) is 7.30. The van der Waals surface area contributed by atoms with Crippen molar-refractivity contribution in [1.82, 2.24) is 9.80 Å². The maximum atomic E-state index is 11.4. The number of nitrogens with zero attached hydrogens (tertiary/aromatic N) is 2. The second-order valence-electron chi connectivity index (χ2n) is 6.38. The lowest BCUT2D eigenvalue weighted by molar-refractivity contribution is -0.140. The van der Waals surface area contributed by atoms with Gasteiger partial charge in [-0.2, -0.15) is 0 Å². The number of amides is 1. The third-order valence-electron chi connectivity index (χ3n) is 4.24. The lowest BCUT2D eigenvalue weighted by Gasteiger charge is -2.61. The van der Waals surface area contributed by atoms with Crippen molar-refractivity contribution in [2.24, 2.45) is 0 Å². The van der Waals surface area contributed by atoms with Gasteiger partial charge >= 0.3 is 0 Å². The molecule has 2 saturated heterocycles. The summed E-state index contributed by atoms with van der Waals surface area (Å²) in [5, 5.41) is 0. The molecule has 0 aromatic rings. The van der Waals surface area contributed by atoms with Crippen LogP contribution in [0.5, 0.6) is 0 Å². The molecule has 2 atom stereocenters. The maximum Gasteiger partial charge on any atom is 0.219 e. The predicted molar refractivity (Wildman–Crippen MR) is 65.3 cm³/mol. The SMILES string of the molecule is CC(=O)N(C)C1CC2CC(C1)N2C(C)(C)C. The molecule has 2 bridgehead atoms. The minimum absolute atomic E-state index is 0.202. The van der Waals surface area contributed by atoms with Gasteiger partial charge in [0, 0.05) is 37.6 Å². The molecule has 0 N–H and O–H groups in total. The van der Waals surface area contributed by atoms with E-state index in [4.69, 9.17) is 0 Å². The molecule has 16 heavy (non-hydrogen) atoms. The molecule has 1 saturated carbocycles. The Balaban J connectivity index is 1.99. The second kappa shape index (κ2) is 3.73. The summed E-state index contributed by atoms with van der Waals surface area (Å²) < 4.78 is 0. The van der Waals surface area contributed by atoms with Crippen LogP contribution < -0.4 is 0 Å². The summed E-state index contributed by atoms with van der Waals surface area (Å²) in [4.78, 5) is 15.9. The average Bonchev–Trinajstić information content (AvgIpc) is 2.13. The van der Waals surface area contributed by atoms with Gasteiger partial charge in [-0.15, -0.1) is 0 Å². The molecule has 1 aliphatic carbocycles. The molecule has 2 unspecified atom stereocenters. The van der Waals surface area contributed by atoms with Gasteiger partial charge in [-0.1, -0.05) is 0 Å². The molecule has 0 aromatic carbocycles. The third kappa shape index (κ3) is 1.86. The third-order valence-corrected chi connectivity index (χ3v) is 4.24. The van der Waals surface area contributed by atoms with E-state index in [0.29, 0.717) is 18.1 Å². The fourth-order valence-electron chi connectivity index (χ4n) is 3.51. The standard InChI is InChI=1S/C13H24N2O/c1-9(16)14(5)10-6-11-8-12(7-10)15(11)13(2,3)4/h10-12H,6-8H2,1-5H3. The highest BCUT2D eigenvalue weighted by Crippen LogP contribution is 2.44. The van der Waals surface area contributed by atoms with Crippen molar-refractivity contribution in [2.45, 2.75) is 70.6 Å². The first-order valence-corrected chi connectivity index (χ1v) is 6.32. The van der Waals surface area contributed by atoms with Crippen LogP contribution in [-0.4, -0.2) is 46.4 Å². The monoisotopic (exact) mass is 224 g/mol. The highest BCUT2D eigenvalue weighted by molar-refractivity contribution is 5.73. The number of piperidine rings is 1. The zero-order valence-corrected chi connectivity index (χ0v) is 11.2. The molecule has 2 heterocycles. The van der Waals surface area contributed by atoms with Gasteiger partial charge in [0.2, 0.25) is 5.91 Å². The second-order valence-corrected chi connectivity index (χ2v) is 6.38. The normalized spacial score (nSPS) is 34.4. The molecular weight excluding hydrogens is 200 g/mol. The molecule has 3 fully saturated rings. The van der Waals surface area contributed by atoms with E-state index in [1.54, 1.807) is 6.92 Å². The van der Waals surface area contributed by atoms with Crippen LogP contribution in [0.25, 0.3) is 0 Å². The molecule has 0 spiro atoms. The Morgan fingerprint density at radius 3 is 2.06 bits per heavy atom. The van der Waals surface area contributed by atoms with Crippen LogP contribution in [0.2, 0.25) is 0 Å². The van der Waals surface area contributed by atoms with Gasteiger partial charge in [-0.3, -0.25) is 9.69 Å². The van der Waals surface area contributed by atoms with E-state index in [-0.39, 0.29) is 11.4 Å². The Morgan fingerprint density at radius 2 is 1.69 bits per heavy atom. The minimum atomic E-state index is 0.202. The van der Waals surface area contributed by atoms with Crippen molar-refractivity contribution in [1.29, 1.82) is 0 Å². The van der Waals surface area contributed by atoms with Crippen LogP contribution >= 0.6 is 0 Å². The predicted octanol–water partition coefficient (Wildman–Crippen LogP) is 1.87. The molecular formula is C13H24N2O. The molecule has 0 aromatic heterocycles. The number of hydrogen-bond acceptors (Lipinski definition) is 2. The fourth-order valence-corrected chi connectivity index (χ4v) is 3.51. The van der Waals surface area contributed by atoms with Crippen LogP contribution in [-0.2, 0) is 4.79 Å². The molecule has 1 amide bonds. The van der Waals surface area contributed by atoms with E-state index in [1.807, 2.05) is 11.9 Å². The zero-order valence-electron chi connectivity index (χ0n) is 11.2. The van der Waals surface area contributed by atoms with Crippen molar-refractivity contribution in [3.8, 4) is 0 Å². The number of carbonyl (C=O) groups is 1. The smallest absolute Gasteiger partial charge is 0.219 e. The molecule has 0 radical (unpaired) electrons. The lowest BCUT2D eigenvalue weighted by atomic mass is 9.73. The molecule has 3 rings (SSSR count). The van der Waals surface area contributed by atoms with Gasteiger partial charge in [0.15, 0.2) is 0 Å². The van der Waals surface area contributed by atoms with Crippen LogP contribution in [0.3, 0.4) is 0 Å². The van der Waals surface area contributed by atoms with Crippen LogP contribution in [0.15, 0.2) is 0 Å². The number of rotatable bonds is 1. The number of hydrogen-bond donors (Lipinski definition) is 0. The quantitative estimate of drug-likeness (QED) is 0.679. The first kappa shape index (κ1) is 11.9. The maximum absolute atomic E-state index is 11.4. The highest BCUT2D eigenvalue weighted by Gasteiger charge is 2.50. The Labute approximate surface area is 98.8 Å². The van der Waals surface area contributed by atoms with Crippen LogP contribution in [0, 0.1) is 0 Å². The Kier molecular flexibility index (Phi) is 2.77. The van der Waals surface area contributed by atoms with E-state index in [2.05, 4.69) is 25.7 Å². The van der Waals surface area contributed by atoms with Gasteiger partial charge in [0.1, 0.15) is 0 Å². The van der Waals surface area contributed by atoms with Crippen molar-refractivity contribution in [2.75, 3.05) is 7.05 Å². The average molecular weight is 224 g/mol. The van der Waals surface area contributed by atoms with E-state index < -0.39 is 0 Å². The molecule has 2 aliphatic heterocycles. The van der Waals surface area contributed by atoms with E-state index >= 15 is 0 Å². The zero-order chi connectivity index (χ0) is 12.1. The Hall–Kier alpha value is -0.570. The summed E-state index contributed by atoms with van der Waals surface area (Å²) >= 11 is 0. The summed E-state index contributed by atoms with van der Waals surface area (Å²) in [5.74, 6) is 0.202. The van der Waals surface area contributed by atoms with Crippen molar-refractivity contribution < 1.29 is 4.79 Å². The van der Waals surface area contributed by atoms with Gasteiger partial charge in [0.05, 0.1) is 0 Å². The largest absolute Gasteiger partial charge is 0.343 e. The van der Waals surface area contributed by atoms with E-state index in [9.17, 15) is 4.79 Å². The first-order valence-electron chi connectivity index (χ1n) is 6.32. The molecule has 3 nitrogen and oxygen atoms in total. The van der Waals surface area contributed by atoms with Gasteiger partial charge in [0.25, 0.3) is 0 Å². The fraction of sp³-hybridized carbons (Fsp3) is 0.923. The topological polar surface area (TPSA) is 23.6 Å². The minimum Gasteiger partial charge on any atom is -0.343 e. The lowest BCUT2D eigenvalue weighted by Crippen LogP contribution is -2.69. The highest BCUT2D eigenvalue weighted by atomic mass is 16.2. The van der Waals surface area contributed by atoms with Gasteiger partial charge < -0.3 is 4.90 Å². The summed E-state index contributed by atoms with van der Waals surface area (Å²) in [6.45, 7) is 8.55. The van der Waals surface area contributed by atoms with Gasteiger partial charge in [-0.05, 0) is 40.0 Å². The summed E-state index contributed by atoms with van der Waals surface area (Å²) in [7, 11) is 1.94. The summed E-state index contributed by atoms with van der Waals surface area (Å²) in [5.41, 5.74) is 0.285.